The summed E-state index contributed by atoms with van der Waals surface area (Å²) in [4.78, 5) is 38.6. The topological polar surface area (TPSA) is 95.9 Å². The van der Waals surface area contributed by atoms with E-state index in [0.29, 0.717) is 11.1 Å². The number of benzene rings is 4. The Labute approximate surface area is 252 Å². The van der Waals surface area contributed by atoms with Gasteiger partial charge in [0.1, 0.15) is 5.75 Å². The first-order chi connectivity index (χ1) is 21.1. The first-order valence-corrected chi connectivity index (χ1v) is 13.9. The number of carbonyl (C=O) groups is 3. The Morgan fingerprint density at radius 3 is 1.98 bits per heavy atom. The second-order valence-corrected chi connectivity index (χ2v) is 10.1. The SMILES string of the molecule is O=C(O)CCNC(=O)c1ccc(CN(CC(c2ccccc2)c2ccccc2)C(=O)Cc2cccc(OC(F)(F)F)c2)cc1. The lowest BCUT2D eigenvalue weighted by Crippen LogP contribution is -2.35. The van der Waals surface area contributed by atoms with Gasteiger partial charge in [0, 0.05) is 31.1 Å². The summed E-state index contributed by atoms with van der Waals surface area (Å²) < 4.78 is 42.4. The van der Waals surface area contributed by atoms with E-state index in [4.69, 9.17) is 5.11 Å². The van der Waals surface area contributed by atoms with E-state index < -0.39 is 24.0 Å². The van der Waals surface area contributed by atoms with Crippen molar-refractivity contribution in [3.8, 4) is 5.75 Å². The minimum Gasteiger partial charge on any atom is -0.481 e. The fourth-order valence-corrected chi connectivity index (χ4v) is 4.75. The molecule has 2 amide bonds. The van der Waals surface area contributed by atoms with Crippen LogP contribution in [-0.4, -0.2) is 47.2 Å². The third-order valence-electron chi connectivity index (χ3n) is 6.86. The Hall–Kier alpha value is -5.12. The fraction of sp³-hybridized carbons (Fsp3) is 0.206. The molecule has 0 bridgehead atoms. The Kier molecular flexibility index (Phi) is 10.7. The van der Waals surface area contributed by atoms with Gasteiger partial charge in [-0.25, -0.2) is 0 Å². The molecule has 0 aliphatic rings. The molecule has 0 aliphatic carbocycles. The molecule has 2 N–H and O–H groups in total. The molecule has 7 nitrogen and oxygen atoms in total. The summed E-state index contributed by atoms with van der Waals surface area (Å²) in [7, 11) is 0. The van der Waals surface area contributed by atoms with Crippen LogP contribution < -0.4 is 10.1 Å². The van der Waals surface area contributed by atoms with E-state index in [1.165, 1.54) is 18.2 Å². The predicted octanol–water partition coefficient (Wildman–Crippen LogP) is 6.19. The molecule has 0 saturated heterocycles. The third-order valence-corrected chi connectivity index (χ3v) is 6.86. The van der Waals surface area contributed by atoms with Crippen LogP contribution in [-0.2, 0) is 22.6 Å². The molecule has 0 heterocycles. The monoisotopic (exact) mass is 604 g/mol. The molecule has 0 radical (unpaired) electrons. The summed E-state index contributed by atoms with van der Waals surface area (Å²) in [5.41, 5.74) is 3.42. The molecular formula is C34H31F3N2O5. The number of nitrogens with one attached hydrogen (secondary N) is 1. The maximum Gasteiger partial charge on any atom is 0.573 e. The zero-order valence-electron chi connectivity index (χ0n) is 23.7. The van der Waals surface area contributed by atoms with Crippen molar-refractivity contribution in [2.45, 2.75) is 31.7 Å². The number of nitrogens with zero attached hydrogens (tertiary/aromatic N) is 1. The van der Waals surface area contributed by atoms with Crippen molar-refractivity contribution in [1.82, 2.24) is 10.2 Å². The van der Waals surface area contributed by atoms with Crippen LogP contribution in [0, 0.1) is 0 Å². The zero-order chi connectivity index (χ0) is 31.5. The molecule has 10 heteroatoms. The Morgan fingerprint density at radius 2 is 1.41 bits per heavy atom. The Balaban J connectivity index is 1.59. The molecule has 44 heavy (non-hydrogen) atoms. The summed E-state index contributed by atoms with van der Waals surface area (Å²) in [6.07, 6.45) is -5.21. The fourth-order valence-electron chi connectivity index (χ4n) is 4.75. The lowest BCUT2D eigenvalue weighted by Gasteiger charge is -2.29. The van der Waals surface area contributed by atoms with Crippen molar-refractivity contribution in [3.63, 3.8) is 0 Å². The molecule has 4 aromatic rings. The first kappa shape index (κ1) is 31.8. The maximum atomic E-state index is 13.8. The van der Waals surface area contributed by atoms with Gasteiger partial charge in [-0.15, -0.1) is 13.2 Å². The number of amides is 2. The molecule has 0 spiro atoms. The van der Waals surface area contributed by atoms with E-state index >= 15 is 0 Å². The molecule has 4 rings (SSSR count). The van der Waals surface area contributed by atoms with Gasteiger partial charge in [-0.3, -0.25) is 14.4 Å². The Bertz CT molecular complexity index is 1510. The number of carboxylic acids is 1. The smallest absolute Gasteiger partial charge is 0.481 e. The lowest BCUT2D eigenvalue weighted by molar-refractivity contribution is -0.274. The molecule has 0 unspecified atom stereocenters. The van der Waals surface area contributed by atoms with Crippen molar-refractivity contribution < 1.29 is 37.4 Å². The second kappa shape index (κ2) is 14.9. The normalized spacial score (nSPS) is 11.2. The summed E-state index contributed by atoms with van der Waals surface area (Å²) in [6, 6.07) is 31.4. The van der Waals surface area contributed by atoms with Gasteiger partial charge in [0.15, 0.2) is 0 Å². The van der Waals surface area contributed by atoms with Crippen LogP contribution in [0.25, 0.3) is 0 Å². The van der Waals surface area contributed by atoms with Crippen LogP contribution in [0.1, 0.15) is 45.0 Å². The average Bonchev–Trinajstić information content (AvgIpc) is 2.99. The highest BCUT2D eigenvalue weighted by Gasteiger charge is 2.31. The summed E-state index contributed by atoms with van der Waals surface area (Å²) in [6.45, 7) is 0.450. The van der Waals surface area contributed by atoms with Gasteiger partial charge in [0.05, 0.1) is 12.8 Å². The van der Waals surface area contributed by atoms with Gasteiger partial charge in [0.2, 0.25) is 5.91 Å². The van der Waals surface area contributed by atoms with Gasteiger partial charge in [-0.2, -0.15) is 0 Å². The molecular weight excluding hydrogens is 573 g/mol. The van der Waals surface area contributed by atoms with Crippen LogP contribution >= 0.6 is 0 Å². The number of carboxylic acid groups (broad SMARTS) is 1. The largest absolute Gasteiger partial charge is 0.573 e. The quantitative estimate of drug-likeness (QED) is 0.190. The van der Waals surface area contributed by atoms with E-state index in [1.807, 2.05) is 60.7 Å². The van der Waals surface area contributed by atoms with Crippen LogP contribution in [0.15, 0.2) is 109 Å². The van der Waals surface area contributed by atoms with Crippen molar-refractivity contribution in [2.75, 3.05) is 13.1 Å². The Morgan fingerprint density at radius 1 is 0.795 bits per heavy atom. The average molecular weight is 605 g/mol. The van der Waals surface area contributed by atoms with Crippen molar-refractivity contribution in [3.05, 3.63) is 137 Å². The van der Waals surface area contributed by atoms with Crippen molar-refractivity contribution in [1.29, 1.82) is 0 Å². The van der Waals surface area contributed by atoms with E-state index in [0.717, 1.165) is 16.7 Å². The van der Waals surface area contributed by atoms with Crippen LogP contribution in [0.3, 0.4) is 0 Å². The molecule has 228 valence electrons. The first-order valence-electron chi connectivity index (χ1n) is 13.9. The number of alkyl halides is 3. The van der Waals surface area contributed by atoms with E-state index in [-0.39, 0.29) is 44.3 Å². The van der Waals surface area contributed by atoms with Gasteiger partial charge < -0.3 is 20.1 Å². The van der Waals surface area contributed by atoms with Gasteiger partial charge in [-0.05, 0) is 46.5 Å². The summed E-state index contributed by atoms with van der Waals surface area (Å²) in [5, 5.41) is 11.3. The number of rotatable bonds is 13. The number of halogens is 3. The molecule has 0 saturated carbocycles. The highest BCUT2D eigenvalue weighted by molar-refractivity contribution is 5.94. The minimum atomic E-state index is -4.85. The predicted molar refractivity (Wildman–Crippen MR) is 158 cm³/mol. The molecule has 0 fully saturated rings. The highest BCUT2D eigenvalue weighted by atomic mass is 19.4. The van der Waals surface area contributed by atoms with Gasteiger partial charge in [-0.1, -0.05) is 84.9 Å². The lowest BCUT2D eigenvalue weighted by atomic mass is 9.90. The minimum absolute atomic E-state index is 0.00618. The van der Waals surface area contributed by atoms with Gasteiger partial charge in [0.25, 0.3) is 5.91 Å². The third kappa shape index (κ3) is 9.72. The number of ether oxygens (including phenoxy) is 1. The number of aliphatic carboxylic acids is 1. The van der Waals surface area contributed by atoms with Gasteiger partial charge >= 0.3 is 12.3 Å². The van der Waals surface area contributed by atoms with Crippen LogP contribution in [0.4, 0.5) is 13.2 Å². The number of hydrogen-bond donors (Lipinski definition) is 2. The molecule has 0 aliphatic heterocycles. The zero-order valence-corrected chi connectivity index (χ0v) is 23.7. The molecule has 0 aromatic heterocycles. The maximum absolute atomic E-state index is 13.8. The van der Waals surface area contributed by atoms with Crippen LogP contribution in [0.5, 0.6) is 5.75 Å². The van der Waals surface area contributed by atoms with Crippen LogP contribution in [0.2, 0.25) is 0 Å². The number of hydrogen-bond acceptors (Lipinski definition) is 4. The standard InChI is InChI=1S/C34H31F3N2O5/c35-34(36,37)44-29-13-7-8-25(20-29)21-31(40)39(22-24-14-16-28(17-15-24)33(43)38-19-18-32(41)42)23-30(26-9-3-1-4-10-26)27-11-5-2-6-12-27/h1-17,20,30H,18-19,21-23H2,(H,38,43)(H,41,42). The van der Waals surface area contributed by atoms with Crippen molar-refractivity contribution in [2.24, 2.45) is 0 Å². The number of carbonyl (C=O) groups excluding carboxylic acids is 2. The van der Waals surface area contributed by atoms with Crippen molar-refractivity contribution >= 4 is 17.8 Å². The second-order valence-electron chi connectivity index (χ2n) is 10.1. The summed E-state index contributed by atoms with van der Waals surface area (Å²) >= 11 is 0. The highest BCUT2D eigenvalue weighted by Crippen LogP contribution is 2.28. The van der Waals surface area contributed by atoms with E-state index in [1.54, 1.807) is 35.2 Å². The van der Waals surface area contributed by atoms with E-state index in [9.17, 15) is 27.6 Å². The molecule has 0 atom stereocenters. The molecule has 4 aromatic carbocycles. The summed E-state index contributed by atoms with van der Waals surface area (Å²) in [5.74, 6) is -2.34. The van der Waals surface area contributed by atoms with E-state index in [2.05, 4.69) is 10.1 Å².